The van der Waals surface area contributed by atoms with Gasteiger partial charge in [0, 0.05) is 11.1 Å². The van der Waals surface area contributed by atoms with Crippen molar-refractivity contribution in [1.29, 1.82) is 0 Å². The SMILES string of the molecule is CCCOc1ccc(C(=O)NNC(=O)c2cc(Cl)c(OC)c(Cl)c2)cc1OC. The van der Waals surface area contributed by atoms with Crippen LogP contribution in [0.5, 0.6) is 17.2 Å². The lowest BCUT2D eigenvalue weighted by Gasteiger charge is -2.13. The van der Waals surface area contributed by atoms with Crippen molar-refractivity contribution in [2.24, 2.45) is 0 Å². The molecule has 0 fully saturated rings. The van der Waals surface area contributed by atoms with E-state index in [0.29, 0.717) is 18.1 Å². The first-order chi connectivity index (χ1) is 13.4. The summed E-state index contributed by atoms with van der Waals surface area (Å²) in [7, 11) is 2.90. The van der Waals surface area contributed by atoms with Crippen molar-refractivity contribution in [3.8, 4) is 17.2 Å². The number of hydrazine groups is 1. The highest BCUT2D eigenvalue weighted by Gasteiger charge is 2.15. The van der Waals surface area contributed by atoms with Crippen LogP contribution in [0.15, 0.2) is 30.3 Å². The van der Waals surface area contributed by atoms with E-state index < -0.39 is 11.8 Å². The number of ether oxygens (including phenoxy) is 3. The molecule has 7 nitrogen and oxygen atoms in total. The van der Waals surface area contributed by atoms with E-state index in [0.717, 1.165) is 6.42 Å². The molecule has 0 aliphatic heterocycles. The Kier molecular flexibility index (Phi) is 7.78. The van der Waals surface area contributed by atoms with E-state index in [-0.39, 0.29) is 26.9 Å². The first-order valence-corrected chi connectivity index (χ1v) is 9.11. The molecule has 150 valence electrons. The van der Waals surface area contributed by atoms with Crippen LogP contribution in [-0.4, -0.2) is 32.6 Å². The molecule has 0 radical (unpaired) electrons. The number of rotatable bonds is 7. The molecule has 28 heavy (non-hydrogen) atoms. The molecule has 2 N–H and O–H groups in total. The van der Waals surface area contributed by atoms with Gasteiger partial charge in [0.05, 0.1) is 30.9 Å². The topological polar surface area (TPSA) is 85.9 Å². The number of benzene rings is 2. The largest absolute Gasteiger partial charge is 0.494 e. The van der Waals surface area contributed by atoms with E-state index in [1.54, 1.807) is 12.1 Å². The van der Waals surface area contributed by atoms with Gasteiger partial charge in [0.15, 0.2) is 17.2 Å². The lowest BCUT2D eigenvalue weighted by atomic mass is 10.2. The summed E-state index contributed by atoms with van der Waals surface area (Å²) in [6, 6.07) is 7.49. The zero-order valence-corrected chi connectivity index (χ0v) is 17.1. The Morgan fingerprint density at radius 3 is 2.04 bits per heavy atom. The number of halogens is 2. The van der Waals surface area contributed by atoms with Gasteiger partial charge in [-0.05, 0) is 36.8 Å². The molecule has 0 spiro atoms. The molecule has 0 saturated carbocycles. The molecule has 2 amide bonds. The van der Waals surface area contributed by atoms with Crippen molar-refractivity contribution in [3.05, 3.63) is 51.5 Å². The van der Waals surface area contributed by atoms with Gasteiger partial charge in [-0.15, -0.1) is 0 Å². The summed E-state index contributed by atoms with van der Waals surface area (Å²) in [6.45, 7) is 2.52. The second-order valence-electron chi connectivity index (χ2n) is 5.60. The van der Waals surface area contributed by atoms with E-state index in [2.05, 4.69) is 10.9 Å². The summed E-state index contributed by atoms with van der Waals surface area (Å²) < 4.78 is 15.8. The minimum Gasteiger partial charge on any atom is -0.494 e. The van der Waals surface area contributed by atoms with Crippen molar-refractivity contribution in [1.82, 2.24) is 10.9 Å². The highest BCUT2D eigenvalue weighted by molar-refractivity contribution is 6.37. The smallest absolute Gasteiger partial charge is 0.269 e. The van der Waals surface area contributed by atoms with Crippen molar-refractivity contribution in [2.45, 2.75) is 13.3 Å². The summed E-state index contributed by atoms with van der Waals surface area (Å²) >= 11 is 12.0. The predicted molar refractivity (Wildman–Crippen MR) is 107 cm³/mol. The average molecular weight is 427 g/mol. The maximum atomic E-state index is 12.3. The Balaban J connectivity index is 2.06. The standard InChI is InChI=1S/C19H20Cl2N2O5/c1-4-7-28-15-6-5-11(10-16(15)26-2)18(24)22-23-19(25)12-8-13(20)17(27-3)14(21)9-12/h5-6,8-10H,4,7H2,1-3H3,(H,22,24)(H,23,25). The van der Waals surface area contributed by atoms with Crippen LogP contribution in [0.25, 0.3) is 0 Å². The fourth-order valence-corrected chi connectivity index (χ4v) is 2.93. The maximum absolute atomic E-state index is 12.3. The van der Waals surface area contributed by atoms with Crippen LogP contribution >= 0.6 is 23.2 Å². The van der Waals surface area contributed by atoms with E-state index in [4.69, 9.17) is 37.4 Å². The van der Waals surface area contributed by atoms with Crippen LogP contribution < -0.4 is 25.1 Å². The molecule has 2 aromatic rings. The summed E-state index contributed by atoms with van der Waals surface area (Å²) in [5.74, 6) is 0.101. The van der Waals surface area contributed by atoms with Gasteiger partial charge in [0.25, 0.3) is 11.8 Å². The number of carbonyl (C=O) groups is 2. The number of hydrogen-bond donors (Lipinski definition) is 2. The van der Waals surface area contributed by atoms with Gasteiger partial charge >= 0.3 is 0 Å². The summed E-state index contributed by atoms with van der Waals surface area (Å²) in [5, 5.41) is 0.359. The first-order valence-electron chi connectivity index (χ1n) is 8.35. The van der Waals surface area contributed by atoms with Crippen molar-refractivity contribution < 1.29 is 23.8 Å². The lowest BCUT2D eigenvalue weighted by molar-refractivity contribution is 0.0846. The van der Waals surface area contributed by atoms with E-state index in [1.165, 1.54) is 32.4 Å². The number of carbonyl (C=O) groups excluding carboxylic acids is 2. The van der Waals surface area contributed by atoms with Gasteiger partial charge in [-0.2, -0.15) is 0 Å². The van der Waals surface area contributed by atoms with E-state index in [1.807, 2.05) is 6.92 Å². The minimum absolute atomic E-state index is 0.164. The van der Waals surface area contributed by atoms with Gasteiger partial charge in [0.2, 0.25) is 0 Å². The van der Waals surface area contributed by atoms with E-state index >= 15 is 0 Å². The third-order valence-corrected chi connectivity index (χ3v) is 4.20. The first kappa shape index (κ1) is 21.7. The third-order valence-electron chi connectivity index (χ3n) is 3.64. The number of amides is 2. The molecule has 0 unspecified atom stereocenters. The van der Waals surface area contributed by atoms with Crippen LogP contribution in [0.4, 0.5) is 0 Å². The van der Waals surface area contributed by atoms with Crippen molar-refractivity contribution in [2.75, 3.05) is 20.8 Å². The van der Waals surface area contributed by atoms with E-state index in [9.17, 15) is 9.59 Å². The van der Waals surface area contributed by atoms with Crippen molar-refractivity contribution >= 4 is 35.0 Å². The molecule has 9 heteroatoms. The van der Waals surface area contributed by atoms with Gasteiger partial charge in [-0.1, -0.05) is 30.1 Å². The zero-order valence-electron chi connectivity index (χ0n) is 15.6. The highest BCUT2D eigenvalue weighted by atomic mass is 35.5. The van der Waals surface area contributed by atoms with Crippen LogP contribution in [0.1, 0.15) is 34.1 Å². The lowest BCUT2D eigenvalue weighted by Crippen LogP contribution is -2.41. The third kappa shape index (κ3) is 5.21. The van der Waals surface area contributed by atoms with Gasteiger partial charge in [-0.25, -0.2) is 0 Å². The molecule has 0 heterocycles. The minimum atomic E-state index is -0.588. The second-order valence-corrected chi connectivity index (χ2v) is 6.41. The molecular formula is C19H20Cl2N2O5. The zero-order chi connectivity index (χ0) is 20.7. The Hall–Kier alpha value is -2.64. The molecule has 0 atom stereocenters. The Morgan fingerprint density at radius 2 is 1.50 bits per heavy atom. The molecule has 0 saturated heterocycles. The number of hydrogen-bond acceptors (Lipinski definition) is 5. The molecule has 0 aliphatic rings. The summed E-state index contributed by atoms with van der Waals surface area (Å²) in [6.07, 6.45) is 0.844. The molecule has 0 bridgehead atoms. The van der Waals surface area contributed by atoms with Gasteiger partial charge < -0.3 is 14.2 Å². The Labute approximate surface area is 172 Å². The molecule has 2 aromatic carbocycles. The number of nitrogens with one attached hydrogen (secondary N) is 2. The Bertz CT molecular complexity index is 850. The van der Waals surface area contributed by atoms with Gasteiger partial charge in [-0.3, -0.25) is 20.4 Å². The molecule has 0 aromatic heterocycles. The summed E-state index contributed by atoms with van der Waals surface area (Å²) in [5.41, 5.74) is 5.08. The van der Waals surface area contributed by atoms with Crippen molar-refractivity contribution in [3.63, 3.8) is 0 Å². The van der Waals surface area contributed by atoms with Gasteiger partial charge in [0.1, 0.15) is 0 Å². The predicted octanol–water partition coefficient (Wildman–Crippen LogP) is 3.87. The second kappa shape index (κ2) is 10.1. The Morgan fingerprint density at radius 1 is 0.893 bits per heavy atom. The molecular weight excluding hydrogens is 407 g/mol. The average Bonchev–Trinajstić information content (AvgIpc) is 2.69. The molecule has 2 rings (SSSR count). The van der Waals surface area contributed by atoms with Crippen LogP contribution in [0.3, 0.4) is 0 Å². The molecule has 0 aliphatic carbocycles. The normalized spacial score (nSPS) is 10.2. The quantitative estimate of drug-likeness (QED) is 0.656. The van der Waals surface area contributed by atoms with Crippen LogP contribution in [-0.2, 0) is 0 Å². The summed E-state index contributed by atoms with van der Waals surface area (Å²) in [4.78, 5) is 24.6. The maximum Gasteiger partial charge on any atom is 0.269 e. The number of methoxy groups -OCH3 is 2. The fourth-order valence-electron chi connectivity index (χ4n) is 2.28. The van der Waals surface area contributed by atoms with Crippen LogP contribution in [0, 0.1) is 0 Å². The monoisotopic (exact) mass is 426 g/mol. The van der Waals surface area contributed by atoms with Crippen LogP contribution in [0.2, 0.25) is 10.0 Å². The fraction of sp³-hybridized carbons (Fsp3) is 0.263. The highest BCUT2D eigenvalue weighted by Crippen LogP contribution is 2.33.